The molecule has 110 valence electrons. The molecule has 2 atom stereocenters. The maximum absolute atomic E-state index is 12.1. The summed E-state index contributed by atoms with van der Waals surface area (Å²) in [5.74, 6) is -0.337. The highest BCUT2D eigenvalue weighted by molar-refractivity contribution is 5.90. The van der Waals surface area contributed by atoms with Crippen LogP contribution in [0.5, 0.6) is 0 Å². The topological polar surface area (TPSA) is 67.4 Å². The minimum absolute atomic E-state index is 0. The van der Waals surface area contributed by atoms with Crippen molar-refractivity contribution in [2.24, 2.45) is 11.3 Å². The molecular weight excluding hydrogens is 268 g/mol. The fraction of sp³-hybridized carbons (Fsp3) is 0.846. The van der Waals surface area contributed by atoms with Crippen LogP contribution < -0.4 is 10.6 Å². The molecule has 2 N–H and O–H groups in total. The van der Waals surface area contributed by atoms with Crippen LogP contribution in [0.2, 0.25) is 0 Å². The van der Waals surface area contributed by atoms with Gasteiger partial charge in [0.1, 0.15) is 5.54 Å². The molecule has 1 saturated carbocycles. The quantitative estimate of drug-likeness (QED) is 0.754. The normalized spacial score (nSPS) is 28.7. The second kappa shape index (κ2) is 5.67. The van der Waals surface area contributed by atoms with E-state index in [0.29, 0.717) is 6.61 Å². The first kappa shape index (κ1) is 16.2. The van der Waals surface area contributed by atoms with Crippen molar-refractivity contribution in [3.8, 4) is 0 Å². The summed E-state index contributed by atoms with van der Waals surface area (Å²) >= 11 is 0. The molecule has 19 heavy (non-hydrogen) atoms. The Morgan fingerprint density at radius 2 is 2.16 bits per heavy atom. The third-order valence-electron chi connectivity index (χ3n) is 4.00. The van der Waals surface area contributed by atoms with E-state index in [0.717, 1.165) is 25.9 Å². The Balaban J connectivity index is 0.00000180. The van der Waals surface area contributed by atoms with E-state index in [-0.39, 0.29) is 35.6 Å². The lowest BCUT2D eigenvalue weighted by molar-refractivity contribution is -0.152. The minimum Gasteiger partial charge on any atom is -0.464 e. The Morgan fingerprint density at radius 3 is 2.68 bits per heavy atom. The summed E-state index contributed by atoms with van der Waals surface area (Å²) in [5.41, 5.74) is -0.780. The maximum atomic E-state index is 12.1. The van der Waals surface area contributed by atoms with Crippen LogP contribution in [-0.4, -0.2) is 37.1 Å². The van der Waals surface area contributed by atoms with Gasteiger partial charge in [-0.2, -0.15) is 0 Å². The molecule has 1 spiro atoms. The molecule has 5 nitrogen and oxygen atoms in total. The number of carbonyl (C=O) groups is 2. The monoisotopic (exact) mass is 290 g/mol. The fourth-order valence-corrected chi connectivity index (χ4v) is 2.71. The minimum atomic E-state index is -0.942. The molecule has 1 heterocycles. The molecular formula is C13H23ClN2O3. The molecule has 6 heteroatoms. The summed E-state index contributed by atoms with van der Waals surface area (Å²) in [6, 6.07) is 0. The largest absolute Gasteiger partial charge is 0.464 e. The van der Waals surface area contributed by atoms with E-state index in [4.69, 9.17) is 4.74 Å². The standard InChI is InChI=1S/C13H22N2O3.ClH/c1-4-18-11(17)12(2,3)15-10(16)9-7-13(9)5-6-14-8-13;/h9,14H,4-8H2,1-3H3,(H,15,16);1H. The number of hydrogen-bond acceptors (Lipinski definition) is 4. The highest BCUT2D eigenvalue weighted by atomic mass is 35.5. The second-order valence-electron chi connectivity index (χ2n) is 5.88. The smallest absolute Gasteiger partial charge is 0.331 e. The predicted octanol–water partition coefficient (Wildman–Crippen LogP) is 0.866. The van der Waals surface area contributed by atoms with Crippen molar-refractivity contribution in [1.29, 1.82) is 0 Å². The first-order valence-corrected chi connectivity index (χ1v) is 6.61. The zero-order valence-corrected chi connectivity index (χ0v) is 12.6. The summed E-state index contributed by atoms with van der Waals surface area (Å²) in [5, 5.41) is 6.11. The lowest BCUT2D eigenvalue weighted by Gasteiger charge is -2.24. The van der Waals surface area contributed by atoms with Gasteiger partial charge in [-0.3, -0.25) is 4.79 Å². The Kier molecular flexibility index (Phi) is 4.85. The molecule has 0 aromatic rings. The number of carbonyl (C=O) groups excluding carboxylic acids is 2. The van der Waals surface area contributed by atoms with Crippen LogP contribution in [0, 0.1) is 11.3 Å². The van der Waals surface area contributed by atoms with E-state index in [2.05, 4.69) is 10.6 Å². The molecule has 2 aliphatic rings. The van der Waals surface area contributed by atoms with Gasteiger partial charge in [-0.1, -0.05) is 0 Å². The van der Waals surface area contributed by atoms with Gasteiger partial charge in [0, 0.05) is 12.5 Å². The molecule has 1 amide bonds. The van der Waals surface area contributed by atoms with Gasteiger partial charge >= 0.3 is 5.97 Å². The van der Waals surface area contributed by atoms with Crippen molar-refractivity contribution >= 4 is 24.3 Å². The van der Waals surface area contributed by atoms with Crippen LogP contribution in [0.3, 0.4) is 0 Å². The zero-order chi connectivity index (χ0) is 13.4. The van der Waals surface area contributed by atoms with E-state index >= 15 is 0 Å². The number of hydrogen-bond donors (Lipinski definition) is 2. The lowest BCUT2D eigenvalue weighted by Crippen LogP contribution is -2.51. The molecule has 0 aromatic heterocycles. The zero-order valence-electron chi connectivity index (χ0n) is 11.7. The highest BCUT2D eigenvalue weighted by Gasteiger charge is 2.59. The Hall–Kier alpha value is -0.810. The van der Waals surface area contributed by atoms with Crippen molar-refractivity contribution in [1.82, 2.24) is 10.6 Å². The van der Waals surface area contributed by atoms with Gasteiger partial charge in [0.05, 0.1) is 6.61 Å². The summed E-state index contributed by atoms with van der Waals surface area (Å²) in [4.78, 5) is 23.9. The van der Waals surface area contributed by atoms with Crippen LogP contribution in [0.15, 0.2) is 0 Å². The molecule has 2 rings (SSSR count). The third kappa shape index (κ3) is 3.20. The lowest BCUT2D eigenvalue weighted by atomic mass is 10.0. The van der Waals surface area contributed by atoms with Crippen molar-refractivity contribution in [3.63, 3.8) is 0 Å². The SMILES string of the molecule is CCOC(=O)C(C)(C)NC(=O)C1CC12CCNC2.Cl. The van der Waals surface area contributed by atoms with E-state index in [1.54, 1.807) is 20.8 Å². The van der Waals surface area contributed by atoms with Gasteiger partial charge in [0.15, 0.2) is 0 Å². The summed E-state index contributed by atoms with van der Waals surface area (Å²) in [6.45, 7) is 7.37. The first-order chi connectivity index (χ1) is 8.41. The molecule has 0 bridgehead atoms. The molecule has 1 aliphatic heterocycles. The van der Waals surface area contributed by atoms with E-state index in [9.17, 15) is 9.59 Å². The molecule has 1 aliphatic carbocycles. The predicted molar refractivity (Wildman–Crippen MR) is 74.1 cm³/mol. The van der Waals surface area contributed by atoms with Gasteiger partial charge in [-0.25, -0.2) is 4.79 Å². The van der Waals surface area contributed by atoms with Gasteiger partial charge < -0.3 is 15.4 Å². The molecule has 2 fully saturated rings. The van der Waals surface area contributed by atoms with E-state index < -0.39 is 5.54 Å². The average Bonchev–Trinajstić information content (AvgIpc) is 2.77. The Bertz CT molecular complexity index is 365. The van der Waals surface area contributed by atoms with Gasteiger partial charge in [-0.15, -0.1) is 12.4 Å². The van der Waals surface area contributed by atoms with E-state index in [1.165, 1.54) is 0 Å². The number of halogens is 1. The first-order valence-electron chi connectivity index (χ1n) is 6.61. The molecule has 2 unspecified atom stereocenters. The summed E-state index contributed by atoms with van der Waals surface area (Å²) in [7, 11) is 0. The van der Waals surface area contributed by atoms with Crippen molar-refractivity contribution in [2.45, 2.75) is 39.2 Å². The molecule has 1 saturated heterocycles. The number of ether oxygens (including phenoxy) is 1. The maximum Gasteiger partial charge on any atom is 0.331 e. The summed E-state index contributed by atoms with van der Waals surface area (Å²) in [6.07, 6.45) is 2.00. The third-order valence-corrected chi connectivity index (χ3v) is 4.00. The van der Waals surface area contributed by atoms with Crippen LogP contribution in [0.4, 0.5) is 0 Å². The molecule has 0 aromatic carbocycles. The summed E-state index contributed by atoms with van der Waals surface area (Å²) < 4.78 is 4.96. The van der Waals surface area contributed by atoms with Gasteiger partial charge in [0.25, 0.3) is 0 Å². The second-order valence-corrected chi connectivity index (χ2v) is 5.88. The van der Waals surface area contributed by atoms with Gasteiger partial charge in [-0.05, 0) is 45.6 Å². The van der Waals surface area contributed by atoms with Crippen molar-refractivity contribution in [2.75, 3.05) is 19.7 Å². The van der Waals surface area contributed by atoms with Crippen LogP contribution in [0.25, 0.3) is 0 Å². The Labute approximate surface area is 120 Å². The number of amides is 1. The fourth-order valence-electron chi connectivity index (χ4n) is 2.71. The highest BCUT2D eigenvalue weighted by Crippen LogP contribution is 2.56. The Morgan fingerprint density at radius 1 is 1.47 bits per heavy atom. The van der Waals surface area contributed by atoms with E-state index in [1.807, 2.05) is 0 Å². The van der Waals surface area contributed by atoms with Crippen LogP contribution >= 0.6 is 12.4 Å². The van der Waals surface area contributed by atoms with Gasteiger partial charge in [0.2, 0.25) is 5.91 Å². The average molecular weight is 291 g/mol. The molecule has 0 radical (unpaired) electrons. The number of rotatable bonds is 4. The number of esters is 1. The van der Waals surface area contributed by atoms with Crippen LogP contribution in [-0.2, 0) is 14.3 Å². The van der Waals surface area contributed by atoms with Crippen molar-refractivity contribution < 1.29 is 14.3 Å². The van der Waals surface area contributed by atoms with Crippen LogP contribution in [0.1, 0.15) is 33.6 Å². The van der Waals surface area contributed by atoms with Crippen molar-refractivity contribution in [3.05, 3.63) is 0 Å². The number of nitrogens with one attached hydrogen (secondary N) is 2.